The van der Waals surface area contributed by atoms with Crippen molar-refractivity contribution in [2.75, 3.05) is 4.90 Å². The largest absolute Gasteiger partial charge is 0.287 e. The molecule has 94 valence electrons. The highest BCUT2D eigenvalue weighted by molar-refractivity contribution is 7.80. The zero-order chi connectivity index (χ0) is 13.2. The van der Waals surface area contributed by atoms with Gasteiger partial charge in [0.25, 0.3) is 0 Å². The van der Waals surface area contributed by atoms with Gasteiger partial charge < -0.3 is 0 Å². The van der Waals surface area contributed by atoms with E-state index in [4.69, 9.17) is 23.8 Å². The van der Waals surface area contributed by atoms with Crippen molar-refractivity contribution in [3.8, 4) is 0 Å². The molecule has 2 aromatic carbocycles. The Labute approximate surface area is 121 Å². The summed E-state index contributed by atoms with van der Waals surface area (Å²) in [7, 11) is 0. The SMILES string of the molecule is S=C1N=NC(c2cccc(Cl)c2)N1c1ccccc1. The molecule has 1 unspecified atom stereocenters. The van der Waals surface area contributed by atoms with Gasteiger partial charge in [-0.1, -0.05) is 41.9 Å². The summed E-state index contributed by atoms with van der Waals surface area (Å²) in [6, 6.07) is 17.5. The molecule has 1 aliphatic rings. The van der Waals surface area contributed by atoms with Gasteiger partial charge in [-0.2, -0.15) is 5.11 Å². The summed E-state index contributed by atoms with van der Waals surface area (Å²) in [6.07, 6.45) is -0.242. The lowest BCUT2D eigenvalue weighted by molar-refractivity contribution is 0.765. The van der Waals surface area contributed by atoms with Gasteiger partial charge in [0.2, 0.25) is 5.11 Å². The molecule has 0 saturated heterocycles. The van der Waals surface area contributed by atoms with E-state index >= 15 is 0 Å². The highest BCUT2D eigenvalue weighted by Crippen LogP contribution is 2.34. The van der Waals surface area contributed by atoms with Gasteiger partial charge in [-0.05, 0) is 36.5 Å². The van der Waals surface area contributed by atoms with Crippen LogP contribution in [0.2, 0.25) is 5.02 Å². The van der Waals surface area contributed by atoms with Crippen LogP contribution in [0.3, 0.4) is 0 Å². The molecule has 0 bridgehead atoms. The Morgan fingerprint density at radius 2 is 1.84 bits per heavy atom. The molecule has 0 saturated carbocycles. The molecule has 0 N–H and O–H groups in total. The van der Waals surface area contributed by atoms with Crippen molar-refractivity contribution in [2.45, 2.75) is 6.17 Å². The molecule has 19 heavy (non-hydrogen) atoms. The van der Waals surface area contributed by atoms with E-state index in [0.29, 0.717) is 10.1 Å². The fourth-order valence-corrected chi connectivity index (χ4v) is 2.48. The Morgan fingerprint density at radius 1 is 1.05 bits per heavy atom. The summed E-state index contributed by atoms with van der Waals surface area (Å²) in [5.41, 5.74) is 1.95. The van der Waals surface area contributed by atoms with Crippen LogP contribution in [-0.4, -0.2) is 5.11 Å². The van der Waals surface area contributed by atoms with Gasteiger partial charge in [-0.15, -0.1) is 5.11 Å². The fraction of sp³-hybridized carbons (Fsp3) is 0.0714. The molecule has 0 aromatic heterocycles. The normalized spacial score (nSPS) is 18.1. The average Bonchev–Trinajstić information content (AvgIpc) is 2.82. The molecule has 1 aliphatic heterocycles. The number of hydrogen-bond acceptors (Lipinski definition) is 2. The summed E-state index contributed by atoms with van der Waals surface area (Å²) in [5.74, 6) is 0. The average molecular weight is 288 g/mol. The highest BCUT2D eigenvalue weighted by Gasteiger charge is 2.29. The lowest BCUT2D eigenvalue weighted by Gasteiger charge is -2.23. The van der Waals surface area contributed by atoms with Gasteiger partial charge in [0.15, 0.2) is 6.17 Å². The molecule has 0 radical (unpaired) electrons. The number of benzene rings is 2. The predicted molar refractivity (Wildman–Crippen MR) is 80.6 cm³/mol. The first-order valence-corrected chi connectivity index (χ1v) is 6.59. The van der Waals surface area contributed by atoms with Gasteiger partial charge in [-0.25, -0.2) is 0 Å². The van der Waals surface area contributed by atoms with Gasteiger partial charge in [-0.3, -0.25) is 4.90 Å². The van der Waals surface area contributed by atoms with Crippen LogP contribution in [0.1, 0.15) is 11.7 Å². The van der Waals surface area contributed by atoms with Crippen molar-refractivity contribution in [1.82, 2.24) is 0 Å². The minimum atomic E-state index is -0.242. The van der Waals surface area contributed by atoms with Crippen LogP contribution in [0.15, 0.2) is 64.8 Å². The molecule has 1 atom stereocenters. The van der Waals surface area contributed by atoms with Crippen LogP contribution >= 0.6 is 23.8 Å². The molecule has 0 amide bonds. The number of nitrogens with zero attached hydrogens (tertiary/aromatic N) is 3. The first-order valence-electron chi connectivity index (χ1n) is 5.80. The number of anilines is 1. The number of rotatable bonds is 2. The first-order chi connectivity index (χ1) is 9.25. The minimum absolute atomic E-state index is 0.242. The maximum absolute atomic E-state index is 6.03. The van der Waals surface area contributed by atoms with E-state index in [1.54, 1.807) is 0 Å². The molecule has 0 fully saturated rings. The zero-order valence-electron chi connectivity index (χ0n) is 9.90. The van der Waals surface area contributed by atoms with E-state index in [0.717, 1.165) is 11.3 Å². The summed E-state index contributed by atoms with van der Waals surface area (Å²) in [6.45, 7) is 0. The Morgan fingerprint density at radius 3 is 2.58 bits per heavy atom. The van der Waals surface area contributed by atoms with Crippen LogP contribution in [0.5, 0.6) is 0 Å². The van der Waals surface area contributed by atoms with Crippen molar-refractivity contribution >= 4 is 34.6 Å². The number of para-hydroxylation sites is 1. The summed E-state index contributed by atoms with van der Waals surface area (Å²) >= 11 is 11.3. The fourth-order valence-electron chi connectivity index (χ4n) is 2.03. The monoisotopic (exact) mass is 287 g/mol. The Bertz CT molecular complexity index is 642. The minimum Gasteiger partial charge on any atom is -0.287 e. The molecular weight excluding hydrogens is 278 g/mol. The van der Waals surface area contributed by atoms with Crippen LogP contribution in [0.4, 0.5) is 5.69 Å². The Balaban J connectivity index is 2.01. The summed E-state index contributed by atoms with van der Waals surface area (Å²) < 4.78 is 0. The number of halogens is 1. The highest BCUT2D eigenvalue weighted by atomic mass is 35.5. The second kappa shape index (κ2) is 5.07. The third-order valence-electron chi connectivity index (χ3n) is 2.88. The zero-order valence-corrected chi connectivity index (χ0v) is 11.5. The molecule has 2 aromatic rings. The van der Waals surface area contributed by atoms with Gasteiger partial charge >= 0.3 is 0 Å². The van der Waals surface area contributed by atoms with Gasteiger partial charge in [0.05, 0.1) is 0 Å². The van der Waals surface area contributed by atoms with Crippen LogP contribution < -0.4 is 4.90 Å². The lowest BCUT2D eigenvalue weighted by Crippen LogP contribution is -2.26. The lowest BCUT2D eigenvalue weighted by atomic mass is 10.1. The van der Waals surface area contributed by atoms with E-state index in [1.165, 1.54) is 0 Å². The van der Waals surface area contributed by atoms with Crippen LogP contribution in [0.25, 0.3) is 0 Å². The van der Waals surface area contributed by atoms with Crippen molar-refractivity contribution in [1.29, 1.82) is 0 Å². The number of thiocarbonyl (C=S) groups is 1. The third kappa shape index (κ3) is 2.37. The van der Waals surface area contributed by atoms with Gasteiger partial charge in [0, 0.05) is 16.3 Å². The Hall–Kier alpha value is -1.78. The number of azo groups is 1. The molecule has 3 rings (SSSR count). The van der Waals surface area contributed by atoms with E-state index in [9.17, 15) is 0 Å². The van der Waals surface area contributed by atoms with Crippen LogP contribution in [-0.2, 0) is 0 Å². The maximum Gasteiger partial charge on any atom is 0.222 e. The predicted octanol–water partition coefficient (Wildman–Crippen LogP) is 4.60. The van der Waals surface area contributed by atoms with E-state index in [1.807, 2.05) is 59.5 Å². The third-order valence-corrected chi connectivity index (χ3v) is 3.40. The quantitative estimate of drug-likeness (QED) is 0.755. The van der Waals surface area contributed by atoms with Crippen molar-refractivity contribution in [2.24, 2.45) is 10.2 Å². The maximum atomic E-state index is 6.03. The van der Waals surface area contributed by atoms with Crippen LogP contribution in [0, 0.1) is 0 Å². The smallest absolute Gasteiger partial charge is 0.222 e. The van der Waals surface area contributed by atoms with E-state index in [2.05, 4.69) is 10.2 Å². The molecular formula is C14H10ClN3S. The van der Waals surface area contributed by atoms with Crippen molar-refractivity contribution in [3.05, 3.63) is 65.2 Å². The van der Waals surface area contributed by atoms with Crippen molar-refractivity contribution < 1.29 is 0 Å². The topological polar surface area (TPSA) is 28.0 Å². The number of hydrogen-bond donors (Lipinski definition) is 0. The molecule has 0 aliphatic carbocycles. The first kappa shape index (κ1) is 12.3. The standard InChI is InChI=1S/C14H10ClN3S/c15-11-6-4-5-10(9-11)13-16-17-14(19)18(13)12-7-2-1-3-8-12/h1-9,13H. The van der Waals surface area contributed by atoms with E-state index < -0.39 is 0 Å². The van der Waals surface area contributed by atoms with Crippen molar-refractivity contribution in [3.63, 3.8) is 0 Å². The summed E-state index contributed by atoms with van der Waals surface area (Å²) in [4.78, 5) is 1.92. The molecule has 1 heterocycles. The Kier molecular flexibility index (Phi) is 3.27. The van der Waals surface area contributed by atoms with E-state index in [-0.39, 0.29) is 6.17 Å². The molecule has 5 heteroatoms. The molecule has 3 nitrogen and oxygen atoms in total. The van der Waals surface area contributed by atoms with Gasteiger partial charge in [0.1, 0.15) is 0 Å². The molecule has 0 spiro atoms. The summed E-state index contributed by atoms with van der Waals surface area (Å²) in [5, 5.41) is 9.41. The second-order valence-electron chi connectivity index (χ2n) is 4.13. The second-order valence-corrected chi connectivity index (χ2v) is 4.93.